The molecule has 2 aromatic carbocycles. The summed E-state index contributed by atoms with van der Waals surface area (Å²) < 4.78 is 4.77. The summed E-state index contributed by atoms with van der Waals surface area (Å²) in [6, 6.07) is 15.1. The third-order valence-corrected chi connectivity index (χ3v) is 3.43. The van der Waals surface area contributed by atoms with E-state index in [9.17, 15) is 9.59 Å². The number of halogens is 1. The SMILES string of the molecule is COC(=O)[C@@H](Cc1ccc(Cl)cc1)NC(=O)c1ccccc1. The van der Waals surface area contributed by atoms with Gasteiger partial charge in [-0.25, -0.2) is 4.79 Å². The van der Waals surface area contributed by atoms with Crippen LogP contribution in [0.3, 0.4) is 0 Å². The van der Waals surface area contributed by atoms with E-state index in [0.29, 0.717) is 17.0 Å². The van der Waals surface area contributed by atoms with Gasteiger partial charge in [0.25, 0.3) is 5.91 Å². The number of methoxy groups -OCH3 is 1. The largest absolute Gasteiger partial charge is 0.467 e. The van der Waals surface area contributed by atoms with Crippen molar-refractivity contribution in [2.75, 3.05) is 7.11 Å². The lowest BCUT2D eigenvalue weighted by molar-refractivity contribution is -0.142. The summed E-state index contributed by atoms with van der Waals surface area (Å²) in [5, 5.41) is 3.32. The number of nitrogens with one attached hydrogen (secondary N) is 1. The highest BCUT2D eigenvalue weighted by Gasteiger charge is 2.22. The zero-order valence-electron chi connectivity index (χ0n) is 12.1. The van der Waals surface area contributed by atoms with Crippen molar-refractivity contribution in [2.45, 2.75) is 12.5 Å². The lowest BCUT2D eigenvalue weighted by atomic mass is 10.1. The monoisotopic (exact) mass is 317 g/mol. The fourth-order valence-electron chi connectivity index (χ4n) is 2.02. The van der Waals surface area contributed by atoms with Crippen molar-refractivity contribution in [1.82, 2.24) is 5.32 Å². The highest BCUT2D eigenvalue weighted by molar-refractivity contribution is 6.30. The molecule has 0 saturated heterocycles. The standard InChI is InChI=1S/C17H16ClNO3/c1-22-17(21)15(11-12-7-9-14(18)10-8-12)19-16(20)13-5-3-2-4-6-13/h2-10,15H,11H2,1H3,(H,19,20)/t15-/m1/s1. The van der Waals surface area contributed by atoms with Crippen LogP contribution in [0.5, 0.6) is 0 Å². The third-order valence-electron chi connectivity index (χ3n) is 3.18. The van der Waals surface area contributed by atoms with E-state index in [4.69, 9.17) is 16.3 Å². The second-order valence-electron chi connectivity index (χ2n) is 4.75. The lowest BCUT2D eigenvalue weighted by Crippen LogP contribution is -2.43. The van der Waals surface area contributed by atoms with E-state index >= 15 is 0 Å². The van der Waals surface area contributed by atoms with E-state index in [2.05, 4.69) is 5.32 Å². The molecule has 22 heavy (non-hydrogen) atoms. The molecule has 0 bridgehead atoms. The summed E-state index contributed by atoms with van der Waals surface area (Å²) in [5.74, 6) is -0.802. The summed E-state index contributed by atoms with van der Waals surface area (Å²) in [5.41, 5.74) is 1.38. The number of ether oxygens (including phenoxy) is 1. The fraction of sp³-hybridized carbons (Fsp3) is 0.176. The van der Waals surface area contributed by atoms with Gasteiger partial charge < -0.3 is 10.1 Å². The summed E-state index contributed by atoms with van der Waals surface area (Å²) in [4.78, 5) is 24.1. The van der Waals surface area contributed by atoms with Crippen LogP contribution >= 0.6 is 11.6 Å². The molecule has 0 aromatic heterocycles. The number of benzene rings is 2. The van der Waals surface area contributed by atoms with Crippen molar-refractivity contribution >= 4 is 23.5 Å². The first-order chi connectivity index (χ1) is 10.6. The molecule has 5 heteroatoms. The number of carbonyl (C=O) groups excluding carboxylic acids is 2. The van der Waals surface area contributed by atoms with Gasteiger partial charge in [-0.3, -0.25) is 4.79 Å². The summed E-state index contributed by atoms with van der Waals surface area (Å²) >= 11 is 5.84. The number of amides is 1. The lowest BCUT2D eigenvalue weighted by Gasteiger charge is -2.16. The Labute approximate surface area is 134 Å². The topological polar surface area (TPSA) is 55.4 Å². The first kappa shape index (κ1) is 16.0. The van der Waals surface area contributed by atoms with Crippen molar-refractivity contribution in [3.8, 4) is 0 Å². The van der Waals surface area contributed by atoms with Gasteiger partial charge in [0.1, 0.15) is 6.04 Å². The molecule has 1 atom stereocenters. The van der Waals surface area contributed by atoms with Crippen molar-refractivity contribution in [1.29, 1.82) is 0 Å². The predicted octanol–water partition coefficient (Wildman–Crippen LogP) is 2.85. The molecule has 0 aliphatic heterocycles. The molecule has 0 spiro atoms. The van der Waals surface area contributed by atoms with E-state index in [0.717, 1.165) is 5.56 Å². The van der Waals surface area contributed by atoms with Gasteiger partial charge in [0.15, 0.2) is 0 Å². The second-order valence-corrected chi connectivity index (χ2v) is 5.18. The van der Waals surface area contributed by atoms with E-state index in [1.54, 1.807) is 36.4 Å². The molecule has 0 unspecified atom stereocenters. The smallest absolute Gasteiger partial charge is 0.328 e. The highest BCUT2D eigenvalue weighted by Crippen LogP contribution is 2.12. The quantitative estimate of drug-likeness (QED) is 0.863. The van der Waals surface area contributed by atoms with Gasteiger partial charge in [0, 0.05) is 17.0 Å². The van der Waals surface area contributed by atoms with Crippen LogP contribution in [0.1, 0.15) is 15.9 Å². The second kappa shape index (κ2) is 7.61. The summed E-state index contributed by atoms with van der Waals surface area (Å²) in [6.45, 7) is 0. The maximum absolute atomic E-state index is 12.2. The van der Waals surface area contributed by atoms with Gasteiger partial charge in [-0.1, -0.05) is 41.9 Å². The number of hydrogen-bond donors (Lipinski definition) is 1. The van der Waals surface area contributed by atoms with Crippen LogP contribution in [-0.2, 0) is 16.0 Å². The van der Waals surface area contributed by atoms with E-state index in [-0.39, 0.29) is 5.91 Å². The molecular formula is C17H16ClNO3. The summed E-state index contributed by atoms with van der Waals surface area (Å²) in [6.07, 6.45) is 0.336. The Morgan fingerprint density at radius 3 is 2.32 bits per heavy atom. The number of rotatable bonds is 5. The van der Waals surface area contributed by atoms with Crippen LogP contribution in [0.2, 0.25) is 5.02 Å². The van der Waals surface area contributed by atoms with Crippen molar-refractivity contribution in [3.63, 3.8) is 0 Å². The van der Waals surface area contributed by atoms with Crippen LogP contribution in [0, 0.1) is 0 Å². The van der Waals surface area contributed by atoms with Crippen LogP contribution in [0.15, 0.2) is 54.6 Å². The summed E-state index contributed by atoms with van der Waals surface area (Å²) in [7, 11) is 1.30. The molecule has 2 aromatic rings. The van der Waals surface area contributed by atoms with Crippen molar-refractivity contribution in [2.24, 2.45) is 0 Å². The minimum Gasteiger partial charge on any atom is -0.467 e. The van der Waals surface area contributed by atoms with Gasteiger partial charge in [-0.2, -0.15) is 0 Å². The van der Waals surface area contributed by atoms with Crippen LogP contribution in [-0.4, -0.2) is 25.0 Å². The zero-order valence-corrected chi connectivity index (χ0v) is 12.8. The average molecular weight is 318 g/mol. The predicted molar refractivity (Wildman–Crippen MR) is 84.9 cm³/mol. The Morgan fingerprint density at radius 1 is 1.09 bits per heavy atom. The Kier molecular flexibility index (Phi) is 5.55. The molecule has 0 saturated carbocycles. The first-order valence-electron chi connectivity index (χ1n) is 6.78. The molecule has 114 valence electrons. The van der Waals surface area contributed by atoms with Gasteiger partial charge in [0.05, 0.1) is 7.11 Å². The van der Waals surface area contributed by atoms with Crippen LogP contribution in [0.4, 0.5) is 0 Å². The number of carbonyl (C=O) groups is 2. The maximum atomic E-state index is 12.2. The molecular weight excluding hydrogens is 302 g/mol. The maximum Gasteiger partial charge on any atom is 0.328 e. The van der Waals surface area contributed by atoms with Crippen LogP contribution in [0.25, 0.3) is 0 Å². The third kappa shape index (κ3) is 4.33. The molecule has 0 fully saturated rings. The Morgan fingerprint density at radius 2 is 1.73 bits per heavy atom. The number of esters is 1. The zero-order chi connectivity index (χ0) is 15.9. The van der Waals surface area contributed by atoms with Gasteiger partial charge in [-0.15, -0.1) is 0 Å². The van der Waals surface area contributed by atoms with Gasteiger partial charge in [-0.05, 0) is 29.8 Å². The van der Waals surface area contributed by atoms with E-state index in [1.165, 1.54) is 7.11 Å². The molecule has 0 aliphatic carbocycles. The van der Waals surface area contributed by atoms with E-state index < -0.39 is 12.0 Å². The first-order valence-corrected chi connectivity index (χ1v) is 7.16. The van der Waals surface area contributed by atoms with Crippen molar-refractivity contribution in [3.05, 3.63) is 70.7 Å². The molecule has 2 rings (SSSR count). The molecule has 0 radical (unpaired) electrons. The Hall–Kier alpha value is -2.33. The minimum atomic E-state index is -0.751. The minimum absolute atomic E-state index is 0.315. The Bertz CT molecular complexity index is 641. The normalized spacial score (nSPS) is 11.5. The number of hydrogen-bond acceptors (Lipinski definition) is 3. The molecule has 0 aliphatic rings. The van der Waals surface area contributed by atoms with Crippen molar-refractivity contribution < 1.29 is 14.3 Å². The van der Waals surface area contributed by atoms with E-state index in [1.807, 2.05) is 18.2 Å². The molecule has 0 heterocycles. The molecule has 4 nitrogen and oxygen atoms in total. The molecule has 1 N–H and O–H groups in total. The average Bonchev–Trinajstić information content (AvgIpc) is 2.56. The van der Waals surface area contributed by atoms with Crippen LogP contribution < -0.4 is 5.32 Å². The highest BCUT2D eigenvalue weighted by atomic mass is 35.5. The van der Waals surface area contributed by atoms with Gasteiger partial charge in [0.2, 0.25) is 0 Å². The molecule has 1 amide bonds. The fourth-order valence-corrected chi connectivity index (χ4v) is 2.15. The van der Waals surface area contributed by atoms with Gasteiger partial charge >= 0.3 is 5.97 Å². The Balaban J connectivity index is 2.11.